The number of nitrogens with one attached hydrogen (secondary N) is 2. The first-order valence-corrected chi connectivity index (χ1v) is 11.7. The number of rotatable bonds is 8. The van der Waals surface area contributed by atoms with Gasteiger partial charge >= 0.3 is 6.03 Å². The van der Waals surface area contributed by atoms with E-state index in [-0.39, 0.29) is 24.2 Å². The Morgan fingerprint density at radius 2 is 1.81 bits per heavy atom. The molecule has 1 aromatic heterocycles. The number of thiophene rings is 1. The molecule has 2 heterocycles. The van der Waals surface area contributed by atoms with Crippen molar-refractivity contribution in [2.24, 2.45) is 11.8 Å². The third-order valence-corrected chi connectivity index (χ3v) is 6.34. The molecule has 0 saturated carbocycles. The van der Waals surface area contributed by atoms with Crippen LogP contribution in [0.3, 0.4) is 0 Å². The molecule has 2 aromatic rings. The van der Waals surface area contributed by atoms with Gasteiger partial charge in [-0.15, -0.1) is 11.3 Å². The fourth-order valence-electron chi connectivity index (χ4n) is 3.86. The minimum Gasteiger partial charge on any atom is -0.333 e. The molecule has 0 unspecified atom stereocenters. The van der Waals surface area contributed by atoms with Crippen molar-refractivity contribution in [2.45, 2.75) is 39.7 Å². The molecule has 1 aliphatic rings. The summed E-state index contributed by atoms with van der Waals surface area (Å²) in [7, 11) is 0. The molecule has 166 valence electrons. The molecule has 1 fully saturated rings. The molecule has 1 saturated heterocycles. The van der Waals surface area contributed by atoms with Crippen molar-refractivity contribution < 1.29 is 14.4 Å². The van der Waals surface area contributed by atoms with Gasteiger partial charge in [0.05, 0.1) is 13.1 Å². The lowest BCUT2D eigenvalue weighted by Crippen LogP contribution is -2.46. The number of imide groups is 1. The maximum absolute atomic E-state index is 12.8. The Morgan fingerprint density at radius 3 is 2.42 bits per heavy atom. The van der Waals surface area contributed by atoms with Gasteiger partial charge in [-0.25, -0.2) is 4.79 Å². The van der Waals surface area contributed by atoms with E-state index >= 15 is 0 Å². The Bertz CT molecular complexity index is 870. The molecule has 0 spiro atoms. The zero-order valence-electron chi connectivity index (χ0n) is 18.2. The summed E-state index contributed by atoms with van der Waals surface area (Å²) in [6.07, 6.45) is 2.47. The zero-order chi connectivity index (χ0) is 22.2. The van der Waals surface area contributed by atoms with Gasteiger partial charge in [0.2, 0.25) is 5.91 Å². The summed E-state index contributed by atoms with van der Waals surface area (Å²) in [5.41, 5.74) is 2.03. The molecule has 0 radical (unpaired) electrons. The molecule has 7 heteroatoms. The van der Waals surface area contributed by atoms with Gasteiger partial charge in [0.25, 0.3) is 0 Å². The molecular formula is C24H31N3O3S. The summed E-state index contributed by atoms with van der Waals surface area (Å²) in [4.78, 5) is 39.9. The molecule has 1 aromatic carbocycles. The van der Waals surface area contributed by atoms with Crippen LogP contribution >= 0.6 is 11.3 Å². The number of amides is 3. The maximum atomic E-state index is 12.8. The predicted molar refractivity (Wildman–Crippen MR) is 123 cm³/mol. The second kappa shape index (κ2) is 11.2. The zero-order valence-corrected chi connectivity index (χ0v) is 19.0. The van der Waals surface area contributed by atoms with E-state index in [0.717, 1.165) is 29.7 Å². The molecule has 6 nitrogen and oxygen atoms in total. The van der Waals surface area contributed by atoms with Crippen LogP contribution in [0.15, 0.2) is 41.8 Å². The molecule has 31 heavy (non-hydrogen) atoms. The Hall–Kier alpha value is -2.51. The standard InChI is InChI=1S/C24H31N3O3S/c1-17(2)14-18-5-7-19(8-6-18)23(29)20-9-11-27(12-10-20)16-22(28)26-24(30)25-15-21-4-3-13-31-21/h3-8,13,17,20H,9-12,14-16H2,1-2H3,(H2,25,26,28,30). The topological polar surface area (TPSA) is 78.5 Å². The van der Waals surface area contributed by atoms with Crippen LogP contribution < -0.4 is 10.6 Å². The van der Waals surface area contributed by atoms with Gasteiger partial charge in [0, 0.05) is 16.4 Å². The highest BCUT2D eigenvalue weighted by molar-refractivity contribution is 7.09. The molecule has 0 atom stereocenters. The predicted octanol–water partition coefficient (Wildman–Crippen LogP) is 3.87. The number of carbonyl (C=O) groups is 3. The first-order chi connectivity index (χ1) is 14.9. The van der Waals surface area contributed by atoms with Gasteiger partial charge in [-0.1, -0.05) is 44.2 Å². The summed E-state index contributed by atoms with van der Waals surface area (Å²) in [6, 6.07) is 11.3. The highest BCUT2D eigenvalue weighted by Gasteiger charge is 2.27. The molecule has 1 aliphatic heterocycles. The van der Waals surface area contributed by atoms with Crippen molar-refractivity contribution in [1.29, 1.82) is 0 Å². The second-order valence-corrected chi connectivity index (χ2v) is 9.55. The smallest absolute Gasteiger partial charge is 0.321 e. The molecule has 0 bridgehead atoms. The van der Waals surface area contributed by atoms with Crippen molar-refractivity contribution in [3.63, 3.8) is 0 Å². The molecule has 3 rings (SSSR count). The third-order valence-electron chi connectivity index (χ3n) is 5.46. The number of hydrogen-bond acceptors (Lipinski definition) is 5. The second-order valence-electron chi connectivity index (χ2n) is 8.52. The number of piperidine rings is 1. The van der Waals surface area contributed by atoms with E-state index in [1.165, 1.54) is 5.56 Å². The Kier molecular flexibility index (Phi) is 8.37. The van der Waals surface area contributed by atoms with Crippen LogP contribution in [-0.4, -0.2) is 42.3 Å². The van der Waals surface area contributed by atoms with Gasteiger partial charge in [-0.2, -0.15) is 0 Å². The maximum Gasteiger partial charge on any atom is 0.321 e. The van der Waals surface area contributed by atoms with Crippen molar-refractivity contribution in [2.75, 3.05) is 19.6 Å². The SMILES string of the molecule is CC(C)Cc1ccc(C(=O)C2CCN(CC(=O)NC(=O)NCc3cccs3)CC2)cc1. The Labute approximate surface area is 188 Å². The van der Waals surface area contributed by atoms with Crippen molar-refractivity contribution in [1.82, 2.24) is 15.5 Å². The highest BCUT2D eigenvalue weighted by atomic mass is 32.1. The fraction of sp³-hybridized carbons (Fsp3) is 0.458. The van der Waals surface area contributed by atoms with Crippen LogP contribution in [0.25, 0.3) is 0 Å². The minimum absolute atomic E-state index is 0.00986. The number of Topliss-reactive ketones (excluding diaryl/α,β-unsaturated/α-hetero) is 1. The first-order valence-electron chi connectivity index (χ1n) is 10.9. The van der Waals surface area contributed by atoms with E-state index < -0.39 is 6.03 Å². The van der Waals surface area contributed by atoms with Crippen LogP contribution in [0.2, 0.25) is 0 Å². The number of benzene rings is 1. The normalized spacial score (nSPS) is 15.1. The number of ketones is 1. The van der Waals surface area contributed by atoms with Crippen LogP contribution in [-0.2, 0) is 17.8 Å². The third kappa shape index (κ3) is 7.29. The van der Waals surface area contributed by atoms with E-state index in [1.807, 2.05) is 34.5 Å². The van der Waals surface area contributed by atoms with Gasteiger partial charge in [0.15, 0.2) is 5.78 Å². The van der Waals surface area contributed by atoms with Crippen molar-refractivity contribution in [3.8, 4) is 0 Å². The lowest BCUT2D eigenvalue weighted by Gasteiger charge is -2.30. The number of carbonyl (C=O) groups excluding carboxylic acids is 3. The van der Waals surface area contributed by atoms with E-state index in [0.29, 0.717) is 25.6 Å². The van der Waals surface area contributed by atoms with Gasteiger partial charge in [-0.3, -0.25) is 19.8 Å². The van der Waals surface area contributed by atoms with Crippen LogP contribution in [0.4, 0.5) is 4.79 Å². The van der Waals surface area contributed by atoms with Crippen LogP contribution in [0.1, 0.15) is 47.5 Å². The summed E-state index contributed by atoms with van der Waals surface area (Å²) >= 11 is 1.55. The Morgan fingerprint density at radius 1 is 1.10 bits per heavy atom. The largest absolute Gasteiger partial charge is 0.333 e. The van der Waals surface area contributed by atoms with Crippen molar-refractivity contribution >= 4 is 29.1 Å². The molecule has 2 N–H and O–H groups in total. The number of likely N-dealkylation sites (tertiary alicyclic amines) is 1. The fourth-order valence-corrected chi connectivity index (χ4v) is 4.50. The molecule has 0 aliphatic carbocycles. The first kappa shape index (κ1) is 23.2. The number of hydrogen-bond donors (Lipinski definition) is 2. The lowest BCUT2D eigenvalue weighted by molar-refractivity contribution is -0.121. The summed E-state index contributed by atoms with van der Waals surface area (Å²) < 4.78 is 0. The summed E-state index contributed by atoms with van der Waals surface area (Å²) in [6.45, 7) is 6.29. The number of urea groups is 1. The Balaban J connectivity index is 1.39. The lowest BCUT2D eigenvalue weighted by atomic mass is 9.88. The highest BCUT2D eigenvalue weighted by Crippen LogP contribution is 2.22. The average Bonchev–Trinajstić information content (AvgIpc) is 3.26. The average molecular weight is 442 g/mol. The quantitative estimate of drug-likeness (QED) is 0.610. The van der Waals surface area contributed by atoms with Gasteiger partial charge in [0.1, 0.15) is 0 Å². The van der Waals surface area contributed by atoms with Crippen LogP contribution in [0, 0.1) is 11.8 Å². The van der Waals surface area contributed by atoms with E-state index in [9.17, 15) is 14.4 Å². The van der Waals surface area contributed by atoms with Gasteiger partial charge < -0.3 is 5.32 Å². The van der Waals surface area contributed by atoms with E-state index in [2.05, 4.69) is 36.6 Å². The monoisotopic (exact) mass is 441 g/mol. The van der Waals surface area contributed by atoms with Crippen molar-refractivity contribution in [3.05, 3.63) is 57.8 Å². The molecule has 3 amide bonds. The van der Waals surface area contributed by atoms with E-state index in [4.69, 9.17) is 0 Å². The van der Waals surface area contributed by atoms with Crippen LogP contribution in [0.5, 0.6) is 0 Å². The van der Waals surface area contributed by atoms with E-state index in [1.54, 1.807) is 11.3 Å². The minimum atomic E-state index is -0.482. The summed E-state index contributed by atoms with van der Waals surface area (Å²) in [5.74, 6) is 0.446. The molecular weight excluding hydrogens is 410 g/mol. The van der Waals surface area contributed by atoms with Gasteiger partial charge in [-0.05, 0) is 55.3 Å². The summed E-state index contributed by atoms with van der Waals surface area (Å²) in [5, 5.41) is 7.00. The number of nitrogens with zero attached hydrogens (tertiary/aromatic N) is 1.